The molecular formula is C18H23FN+. The molecule has 2 rings (SSSR count). The molecule has 1 heterocycles. The Bertz CT molecular complexity index is 743. The fourth-order valence-electron chi connectivity index (χ4n) is 2.41. The predicted octanol–water partition coefficient (Wildman–Crippen LogP) is 4.23. The maximum atomic E-state index is 13.7. The number of hydrogen-bond donors (Lipinski definition) is 0. The number of aromatic nitrogens is 1. The average molecular weight is 275 g/mol. The number of benzene rings is 1. The second-order valence-corrected chi connectivity index (χ2v) is 6.31. The molecule has 0 amide bonds. The molecule has 1 aromatic carbocycles. The van der Waals surface area contributed by atoms with E-state index in [4.69, 9.17) is 4.11 Å². The van der Waals surface area contributed by atoms with Crippen molar-refractivity contribution in [2.24, 2.45) is 7.05 Å². The van der Waals surface area contributed by atoms with Gasteiger partial charge < -0.3 is 0 Å². The topological polar surface area (TPSA) is 3.88 Å². The minimum Gasteiger partial charge on any atom is -0.207 e. The van der Waals surface area contributed by atoms with Gasteiger partial charge in [-0.2, -0.15) is 0 Å². The van der Waals surface area contributed by atoms with Crippen LogP contribution in [0, 0.1) is 19.6 Å². The highest BCUT2D eigenvalue weighted by Crippen LogP contribution is 2.29. The molecule has 0 saturated carbocycles. The molecule has 1 aromatic heterocycles. The molecule has 0 aliphatic carbocycles. The molecule has 2 aromatic rings. The molecule has 0 unspecified atom stereocenters. The lowest BCUT2D eigenvalue weighted by atomic mass is 9.84. The van der Waals surface area contributed by atoms with E-state index in [9.17, 15) is 4.39 Å². The minimum absolute atomic E-state index is 0.303. The summed E-state index contributed by atoms with van der Waals surface area (Å²) < 4.78 is 38.8. The molecule has 106 valence electrons. The first-order chi connectivity index (χ1) is 10.4. The van der Waals surface area contributed by atoms with Gasteiger partial charge in [0.05, 0.1) is 5.56 Å². The first kappa shape index (κ1) is 11.0. The summed E-state index contributed by atoms with van der Waals surface area (Å²) in [7, 11) is 1.79. The van der Waals surface area contributed by atoms with Crippen LogP contribution in [0.2, 0.25) is 0 Å². The van der Waals surface area contributed by atoms with Gasteiger partial charge >= 0.3 is 0 Å². The number of nitrogens with zero attached hydrogens (tertiary/aromatic N) is 1. The monoisotopic (exact) mass is 275 g/mol. The molecule has 2 heteroatoms. The van der Waals surface area contributed by atoms with Crippen molar-refractivity contribution in [2.45, 2.75) is 40.0 Å². The van der Waals surface area contributed by atoms with E-state index >= 15 is 0 Å². The lowest BCUT2D eigenvalue weighted by Crippen LogP contribution is -2.33. The minimum atomic E-state index is -2.18. The van der Waals surface area contributed by atoms with E-state index < -0.39 is 6.85 Å². The van der Waals surface area contributed by atoms with Crippen molar-refractivity contribution in [3.05, 3.63) is 53.0 Å². The molecule has 0 aliphatic heterocycles. The molecule has 0 spiro atoms. The molecule has 0 saturated heterocycles. The summed E-state index contributed by atoms with van der Waals surface area (Å²) in [5.74, 6) is -0.303. The van der Waals surface area contributed by atoms with E-state index in [1.54, 1.807) is 23.9 Å². The van der Waals surface area contributed by atoms with Gasteiger partial charge in [0.2, 0.25) is 5.69 Å². The van der Waals surface area contributed by atoms with E-state index in [0.717, 1.165) is 22.4 Å². The lowest BCUT2D eigenvalue weighted by molar-refractivity contribution is -0.660. The van der Waals surface area contributed by atoms with Gasteiger partial charge in [0.15, 0.2) is 6.20 Å². The number of halogens is 1. The van der Waals surface area contributed by atoms with Crippen molar-refractivity contribution >= 4 is 0 Å². The van der Waals surface area contributed by atoms with E-state index in [0.29, 0.717) is 5.56 Å². The summed E-state index contributed by atoms with van der Waals surface area (Å²) in [5, 5.41) is 0. The van der Waals surface area contributed by atoms with E-state index in [1.165, 1.54) is 12.1 Å². The standard InChI is InChI=1S/C18H23FN/c1-12-7-8-14(19)9-15(12)17-10-16(18(3,4)5)13(2)11-20(17)6/h7-11H,1-6H3/q+1/i2D3. The van der Waals surface area contributed by atoms with E-state index in [2.05, 4.69) is 0 Å². The van der Waals surface area contributed by atoms with Crippen LogP contribution in [0.15, 0.2) is 30.5 Å². The van der Waals surface area contributed by atoms with Crippen molar-refractivity contribution < 1.29 is 13.1 Å². The number of pyridine rings is 1. The number of aryl methyl sites for hydroxylation is 3. The Labute approximate surface area is 125 Å². The first-order valence-electron chi connectivity index (χ1n) is 8.22. The second-order valence-electron chi connectivity index (χ2n) is 6.31. The molecule has 0 bridgehead atoms. The lowest BCUT2D eigenvalue weighted by Gasteiger charge is -2.21. The predicted molar refractivity (Wildman–Crippen MR) is 81.2 cm³/mol. The Morgan fingerprint density at radius 1 is 1.15 bits per heavy atom. The highest BCUT2D eigenvalue weighted by atomic mass is 19.1. The summed E-state index contributed by atoms with van der Waals surface area (Å²) in [5.41, 5.74) is 3.30. The third-order valence-electron chi connectivity index (χ3n) is 3.56. The normalized spacial score (nSPS) is 14.6. The summed E-state index contributed by atoms with van der Waals surface area (Å²) in [6, 6.07) is 6.54. The smallest absolute Gasteiger partial charge is 0.207 e. The van der Waals surface area contributed by atoms with Gasteiger partial charge in [-0.3, -0.25) is 0 Å². The molecule has 0 N–H and O–H groups in total. The summed E-state index contributed by atoms with van der Waals surface area (Å²) in [6.07, 6.45) is 1.65. The maximum Gasteiger partial charge on any atom is 0.212 e. The Morgan fingerprint density at radius 2 is 1.85 bits per heavy atom. The van der Waals surface area contributed by atoms with Crippen LogP contribution in [0.3, 0.4) is 0 Å². The Morgan fingerprint density at radius 3 is 2.45 bits per heavy atom. The zero-order valence-corrected chi connectivity index (χ0v) is 12.7. The highest BCUT2D eigenvalue weighted by Gasteiger charge is 2.23. The molecule has 20 heavy (non-hydrogen) atoms. The molecule has 1 nitrogen and oxygen atoms in total. The van der Waals surface area contributed by atoms with Crippen molar-refractivity contribution in [3.63, 3.8) is 0 Å². The largest absolute Gasteiger partial charge is 0.212 e. The van der Waals surface area contributed by atoms with Crippen LogP contribution in [0.25, 0.3) is 11.3 Å². The number of rotatable bonds is 1. The van der Waals surface area contributed by atoms with Gasteiger partial charge in [0, 0.05) is 15.7 Å². The molecule has 0 atom stereocenters. The van der Waals surface area contributed by atoms with Crippen molar-refractivity contribution in [2.75, 3.05) is 0 Å². The van der Waals surface area contributed by atoms with Gasteiger partial charge in [-0.1, -0.05) is 26.8 Å². The maximum absolute atomic E-state index is 13.7. The van der Waals surface area contributed by atoms with E-state index in [-0.39, 0.29) is 11.2 Å². The highest BCUT2D eigenvalue weighted by molar-refractivity contribution is 5.62. The quantitative estimate of drug-likeness (QED) is 0.686. The number of hydrogen-bond acceptors (Lipinski definition) is 0. The van der Waals surface area contributed by atoms with Gasteiger partial charge in [-0.15, -0.1) is 0 Å². The SMILES string of the molecule is [2H]C([2H])([2H])c1c[n+](C)c(-c2cc(F)ccc2C)cc1C(C)(C)C. The summed E-state index contributed by atoms with van der Waals surface area (Å²) in [6.45, 7) is 5.69. The molecule has 0 aliphatic rings. The van der Waals surface area contributed by atoms with Crippen LogP contribution < -0.4 is 4.57 Å². The van der Waals surface area contributed by atoms with Crippen molar-refractivity contribution in [1.29, 1.82) is 0 Å². The third kappa shape index (κ3) is 2.74. The fourth-order valence-corrected chi connectivity index (χ4v) is 2.41. The van der Waals surface area contributed by atoms with Crippen molar-refractivity contribution in [3.8, 4) is 11.3 Å². The zero-order chi connectivity index (χ0) is 17.6. The van der Waals surface area contributed by atoms with Crippen LogP contribution >= 0.6 is 0 Å². The summed E-state index contributed by atoms with van der Waals surface area (Å²) >= 11 is 0. The summed E-state index contributed by atoms with van der Waals surface area (Å²) in [4.78, 5) is 0. The van der Waals surface area contributed by atoms with Gasteiger partial charge in [0.25, 0.3) is 0 Å². The molecule has 0 radical (unpaired) electrons. The average Bonchev–Trinajstić information content (AvgIpc) is 2.39. The Balaban J connectivity index is 2.80. The van der Waals surface area contributed by atoms with Crippen LogP contribution in [-0.4, -0.2) is 0 Å². The molecular weight excluding hydrogens is 249 g/mol. The Kier molecular flexibility index (Phi) is 2.76. The van der Waals surface area contributed by atoms with Gasteiger partial charge in [0.1, 0.15) is 12.9 Å². The second kappa shape index (κ2) is 5.01. The molecule has 0 fully saturated rings. The van der Waals surface area contributed by atoms with Crippen LogP contribution in [0.1, 0.15) is 41.6 Å². The third-order valence-corrected chi connectivity index (χ3v) is 3.56. The van der Waals surface area contributed by atoms with Gasteiger partial charge in [-0.25, -0.2) is 8.96 Å². The van der Waals surface area contributed by atoms with Crippen LogP contribution in [-0.2, 0) is 12.5 Å². The van der Waals surface area contributed by atoms with E-state index in [1.807, 2.05) is 33.8 Å². The first-order valence-corrected chi connectivity index (χ1v) is 6.72. The zero-order valence-electron chi connectivity index (χ0n) is 15.7. The Hall–Kier alpha value is -1.70. The van der Waals surface area contributed by atoms with Crippen molar-refractivity contribution in [1.82, 2.24) is 0 Å². The van der Waals surface area contributed by atoms with Crippen LogP contribution in [0.5, 0.6) is 0 Å². The van der Waals surface area contributed by atoms with Crippen LogP contribution in [0.4, 0.5) is 4.39 Å². The van der Waals surface area contributed by atoms with Gasteiger partial charge in [-0.05, 0) is 42.5 Å². The fraction of sp³-hybridized carbons (Fsp3) is 0.389.